The van der Waals surface area contributed by atoms with Crippen molar-refractivity contribution in [1.82, 2.24) is 20.0 Å². The van der Waals surface area contributed by atoms with Crippen molar-refractivity contribution in [3.05, 3.63) is 65.5 Å². The Labute approximate surface area is 158 Å². The molecule has 1 aliphatic heterocycles. The van der Waals surface area contributed by atoms with E-state index in [0.29, 0.717) is 18.7 Å². The van der Waals surface area contributed by atoms with E-state index in [2.05, 4.69) is 15.3 Å². The molecule has 1 aliphatic rings. The van der Waals surface area contributed by atoms with Crippen molar-refractivity contribution < 1.29 is 18.0 Å². The second-order valence-electron chi connectivity index (χ2n) is 6.68. The Morgan fingerprint density at radius 3 is 2.57 bits per heavy atom. The molecule has 0 N–H and O–H groups in total. The third-order valence-corrected chi connectivity index (χ3v) is 4.93. The number of rotatable bonds is 4. The lowest BCUT2D eigenvalue weighted by atomic mass is 9.98. The molecule has 1 unspecified atom stereocenters. The van der Waals surface area contributed by atoms with Crippen molar-refractivity contribution in [1.29, 1.82) is 0 Å². The Hall–Kier alpha value is -3.23. The molecule has 1 atom stereocenters. The highest BCUT2D eigenvalue weighted by Gasteiger charge is 2.34. The van der Waals surface area contributed by atoms with Gasteiger partial charge < -0.3 is 4.90 Å². The largest absolute Gasteiger partial charge is 0.309 e. The third kappa shape index (κ3) is 3.12. The van der Waals surface area contributed by atoms with Crippen LogP contribution < -0.4 is 4.90 Å². The van der Waals surface area contributed by atoms with Gasteiger partial charge >= 0.3 is 0 Å². The highest BCUT2D eigenvalue weighted by atomic mass is 19.2. The van der Waals surface area contributed by atoms with Gasteiger partial charge in [0.1, 0.15) is 0 Å². The zero-order chi connectivity index (χ0) is 19.8. The highest BCUT2D eigenvalue weighted by Crippen LogP contribution is 2.31. The zero-order valence-corrected chi connectivity index (χ0v) is 14.9. The molecule has 6 nitrogen and oxygen atoms in total. The second kappa shape index (κ2) is 7.06. The van der Waals surface area contributed by atoms with Gasteiger partial charge in [0.15, 0.2) is 17.5 Å². The van der Waals surface area contributed by atoms with Gasteiger partial charge in [-0.25, -0.2) is 17.9 Å². The number of carbonyl (C=O) groups is 1. The van der Waals surface area contributed by atoms with Crippen molar-refractivity contribution >= 4 is 11.6 Å². The normalized spacial score (nSPS) is 16.8. The summed E-state index contributed by atoms with van der Waals surface area (Å²) in [5.41, 5.74) is 2.41. The van der Waals surface area contributed by atoms with Crippen LogP contribution >= 0.6 is 0 Å². The van der Waals surface area contributed by atoms with Crippen LogP contribution in [0.25, 0.3) is 5.69 Å². The van der Waals surface area contributed by atoms with E-state index in [1.165, 1.54) is 0 Å². The predicted molar refractivity (Wildman–Crippen MR) is 94.4 cm³/mol. The minimum atomic E-state index is -1.50. The monoisotopic (exact) mass is 387 g/mol. The molecule has 0 bridgehead atoms. The van der Waals surface area contributed by atoms with Gasteiger partial charge in [-0.2, -0.15) is 15.3 Å². The summed E-state index contributed by atoms with van der Waals surface area (Å²) in [6.45, 7) is 2.31. The van der Waals surface area contributed by atoms with Crippen LogP contribution in [-0.2, 0) is 11.2 Å². The van der Waals surface area contributed by atoms with Crippen LogP contribution in [0.4, 0.5) is 18.9 Å². The Morgan fingerprint density at radius 1 is 1.14 bits per heavy atom. The van der Waals surface area contributed by atoms with Crippen LogP contribution in [-0.4, -0.2) is 32.4 Å². The van der Waals surface area contributed by atoms with Crippen molar-refractivity contribution in [2.24, 2.45) is 5.92 Å². The van der Waals surface area contributed by atoms with E-state index in [-0.39, 0.29) is 17.9 Å². The van der Waals surface area contributed by atoms with Gasteiger partial charge in [-0.05, 0) is 43.5 Å². The number of amides is 1. The SMILES string of the molecule is Cc1c(N2CCC(Cc3cc(F)c(F)c(F)c3)C2=O)cnn1-c1ccnnc1. The first-order valence-corrected chi connectivity index (χ1v) is 8.72. The fourth-order valence-corrected chi connectivity index (χ4v) is 3.51. The molecule has 0 spiro atoms. The van der Waals surface area contributed by atoms with Crippen molar-refractivity contribution in [2.45, 2.75) is 19.8 Å². The summed E-state index contributed by atoms with van der Waals surface area (Å²) in [7, 11) is 0. The summed E-state index contributed by atoms with van der Waals surface area (Å²) >= 11 is 0. The smallest absolute Gasteiger partial charge is 0.230 e. The second-order valence-corrected chi connectivity index (χ2v) is 6.68. The van der Waals surface area contributed by atoms with Crippen molar-refractivity contribution in [3.8, 4) is 5.69 Å². The Balaban J connectivity index is 1.55. The molecule has 3 heterocycles. The quantitative estimate of drug-likeness (QED) is 0.646. The van der Waals surface area contributed by atoms with Crippen LogP contribution in [0, 0.1) is 30.3 Å². The molecule has 0 aliphatic carbocycles. The number of hydrogen-bond donors (Lipinski definition) is 0. The molecule has 0 saturated carbocycles. The molecular weight excluding hydrogens is 371 g/mol. The van der Waals surface area contributed by atoms with E-state index < -0.39 is 23.4 Å². The van der Waals surface area contributed by atoms with Crippen LogP contribution in [0.5, 0.6) is 0 Å². The number of carbonyl (C=O) groups excluding carboxylic acids is 1. The van der Waals surface area contributed by atoms with Gasteiger partial charge in [0, 0.05) is 12.5 Å². The molecule has 1 saturated heterocycles. The first kappa shape index (κ1) is 18.1. The summed E-state index contributed by atoms with van der Waals surface area (Å²) in [6.07, 6.45) is 5.39. The van der Waals surface area contributed by atoms with Gasteiger partial charge in [0.2, 0.25) is 5.91 Å². The number of hydrogen-bond acceptors (Lipinski definition) is 4. The van der Waals surface area contributed by atoms with Gasteiger partial charge in [0.25, 0.3) is 0 Å². The average molecular weight is 387 g/mol. The lowest BCUT2D eigenvalue weighted by Crippen LogP contribution is -2.28. The van der Waals surface area contributed by atoms with E-state index in [1.54, 1.807) is 34.2 Å². The minimum Gasteiger partial charge on any atom is -0.309 e. The minimum absolute atomic E-state index is 0.144. The third-order valence-electron chi connectivity index (χ3n) is 4.93. The first-order valence-electron chi connectivity index (χ1n) is 8.72. The molecule has 1 amide bonds. The summed E-state index contributed by atoms with van der Waals surface area (Å²) in [5.74, 6) is -4.59. The molecule has 3 aromatic rings. The van der Waals surface area contributed by atoms with Gasteiger partial charge in [-0.3, -0.25) is 4.79 Å². The maximum Gasteiger partial charge on any atom is 0.230 e. The number of halogens is 3. The van der Waals surface area contributed by atoms with E-state index in [0.717, 1.165) is 23.5 Å². The fourth-order valence-electron chi connectivity index (χ4n) is 3.51. The maximum atomic E-state index is 13.4. The van der Waals surface area contributed by atoms with Gasteiger partial charge in [0.05, 0.1) is 35.7 Å². The van der Waals surface area contributed by atoms with Gasteiger partial charge in [-0.15, -0.1) is 0 Å². The predicted octanol–water partition coefficient (Wildman–Crippen LogP) is 2.98. The number of nitrogens with zero attached hydrogens (tertiary/aromatic N) is 5. The zero-order valence-electron chi connectivity index (χ0n) is 14.9. The summed E-state index contributed by atoms with van der Waals surface area (Å²) in [6, 6.07) is 3.63. The Morgan fingerprint density at radius 2 is 1.89 bits per heavy atom. The topological polar surface area (TPSA) is 63.9 Å². The van der Waals surface area contributed by atoms with Gasteiger partial charge in [-0.1, -0.05) is 0 Å². The molecule has 9 heteroatoms. The maximum absolute atomic E-state index is 13.4. The average Bonchev–Trinajstić information content (AvgIpc) is 3.23. The Bertz CT molecular complexity index is 1010. The molecule has 28 heavy (non-hydrogen) atoms. The molecule has 4 rings (SSSR count). The molecule has 1 aromatic carbocycles. The van der Waals surface area contributed by atoms with Crippen LogP contribution in [0.3, 0.4) is 0 Å². The van der Waals surface area contributed by atoms with E-state index >= 15 is 0 Å². The first-order chi connectivity index (χ1) is 13.5. The van der Waals surface area contributed by atoms with Crippen LogP contribution in [0.2, 0.25) is 0 Å². The van der Waals surface area contributed by atoms with Crippen molar-refractivity contribution in [3.63, 3.8) is 0 Å². The van der Waals surface area contributed by atoms with E-state index in [9.17, 15) is 18.0 Å². The van der Waals surface area contributed by atoms with E-state index in [4.69, 9.17) is 0 Å². The molecule has 2 aromatic heterocycles. The number of aromatic nitrogens is 4. The Kier molecular flexibility index (Phi) is 4.58. The molecular formula is C19H16F3N5O. The van der Waals surface area contributed by atoms with E-state index in [1.807, 2.05) is 6.92 Å². The number of benzene rings is 1. The number of anilines is 1. The molecule has 0 radical (unpaired) electrons. The lowest BCUT2D eigenvalue weighted by molar-refractivity contribution is -0.120. The van der Waals surface area contributed by atoms with Crippen LogP contribution in [0.1, 0.15) is 17.7 Å². The molecule has 144 valence electrons. The lowest BCUT2D eigenvalue weighted by Gasteiger charge is -2.16. The molecule has 1 fully saturated rings. The highest BCUT2D eigenvalue weighted by molar-refractivity contribution is 5.97. The fraction of sp³-hybridized carbons (Fsp3) is 0.263. The summed E-state index contributed by atoms with van der Waals surface area (Å²) in [5, 5.41) is 11.9. The summed E-state index contributed by atoms with van der Waals surface area (Å²) < 4.78 is 41.7. The summed E-state index contributed by atoms with van der Waals surface area (Å²) in [4.78, 5) is 14.5. The van der Waals surface area contributed by atoms with Crippen LogP contribution in [0.15, 0.2) is 36.8 Å². The standard InChI is InChI=1S/C19H16F3N5O/c1-11-17(10-25-27(11)14-2-4-23-24-9-14)26-5-3-13(19(26)28)6-12-7-15(20)18(22)16(21)8-12/h2,4,7-10,13H,3,5-6H2,1H3. The van der Waals surface area contributed by atoms with Crippen molar-refractivity contribution in [2.75, 3.05) is 11.4 Å².